The molecule has 0 saturated heterocycles. The SMILES string of the molecule is CN(CCO)[N+](=O)[O-].O=[N+]([O-])O. The van der Waals surface area contributed by atoms with Gasteiger partial charge in [0.2, 0.25) is 0 Å². The number of hydrogen-bond acceptors (Lipinski definition) is 5. The van der Waals surface area contributed by atoms with Crippen LogP contribution in [-0.4, -0.2) is 45.6 Å². The summed E-state index contributed by atoms with van der Waals surface area (Å²) >= 11 is 0. The maximum absolute atomic E-state index is 9.71. The highest BCUT2D eigenvalue weighted by molar-refractivity contribution is 4.29. The fourth-order valence-electron chi connectivity index (χ4n) is 0.226. The summed E-state index contributed by atoms with van der Waals surface area (Å²) in [6.45, 7) is -0.107. The van der Waals surface area contributed by atoms with Crippen molar-refractivity contribution < 1.29 is 20.4 Å². The van der Waals surface area contributed by atoms with E-state index in [1.54, 1.807) is 0 Å². The average molecular weight is 183 g/mol. The molecular weight excluding hydrogens is 174 g/mol. The summed E-state index contributed by atoms with van der Waals surface area (Å²) in [5.41, 5.74) is 0. The molecule has 0 amide bonds. The van der Waals surface area contributed by atoms with Crippen molar-refractivity contribution >= 4 is 0 Å². The van der Waals surface area contributed by atoms with Crippen molar-refractivity contribution in [3.63, 3.8) is 0 Å². The van der Waals surface area contributed by atoms with Crippen molar-refractivity contribution in [1.29, 1.82) is 0 Å². The second-order valence-electron chi connectivity index (χ2n) is 1.58. The number of hydrogen-bond donors (Lipinski definition) is 2. The van der Waals surface area contributed by atoms with Gasteiger partial charge in [-0.1, -0.05) is 0 Å². The normalized spacial score (nSPS) is 7.83. The standard InChI is InChI=1S/C3H8N2O3.HNO3/c1-4(2-3-6)5(7)8;2-1(3)4/h6H,2-3H2,1H3;(H,2,3,4). The zero-order chi connectivity index (χ0) is 10.1. The minimum Gasteiger partial charge on any atom is -0.394 e. The van der Waals surface area contributed by atoms with Gasteiger partial charge in [-0.2, -0.15) is 0 Å². The third-order valence-electron chi connectivity index (χ3n) is 0.702. The van der Waals surface area contributed by atoms with Crippen LogP contribution in [-0.2, 0) is 0 Å². The van der Waals surface area contributed by atoms with E-state index in [4.69, 9.17) is 20.4 Å². The molecule has 0 saturated carbocycles. The molecule has 0 aliphatic heterocycles. The van der Waals surface area contributed by atoms with Crippen molar-refractivity contribution in [2.75, 3.05) is 20.2 Å². The van der Waals surface area contributed by atoms with Gasteiger partial charge in [-0.3, -0.25) is 0 Å². The van der Waals surface area contributed by atoms with E-state index in [9.17, 15) is 10.1 Å². The number of aliphatic hydroxyl groups excluding tert-OH is 1. The predicted molar refractivity (Wildman–Crippen MR) is 35.5 cm³/mol. The second-order valence-corrected chi connectivity index (χ2v) is 1.58. The Morgan fingerprint density at radius 3 is 1.83 bits per heavy atom. The van der Waals surface area contributed by atoms with Crippen LogP contribution < -0.4 is 0 Å². The molecule has 72 valence electrons. The number of rotatable bonds is 3. The molecule has 0 aromatic carbocycles. The van der Waals surface area contributed by atoms with Crippen LogP contribution in [0.15, 0.2) is 0 Å². The van der Waals surface area contributed by atoms with Gasteiger partial charge in [-0.05, 0) is 0 Å². The van der Waals surface area contributed by atoms with Gasteiger partial charge in [0.1, 0.15) is 6.54 Å². The Bertz CT molecular complexity index is 145. The summed E-state index contributed by atoms with van der Waals surface area (Å²) in [5, 5.41) is 31.7. The molecule has 9 heteroatoms. The number of aliphatic hydroxyl groups is 1. The Morgan fingerprint density at radius 2 is 1.75 bits per heavy atom. The first kappa shape index (κ1) is 13.0. The van der Waals surface area contributed by atoms with Crippen LogP contribution in [0.3, 0.4) is 0 Å². The van der Waals surface area contributed by atoms with Crippen LogP contribution in [0.5, 0.6) is 0 Å². The molecule has 0 unspecified atom stereocenters. The Balaban J connectivity index is 0. The molecule has 0 radical (unpaired) electrons. The van der Waals surface area contributed by atoms with E-state index in [1.807, 2.05) is 0 Å². The van der Waals surface area contributed by atoms with Crippen molar-refractivity contribution in [2.24, 2.45) is 0 Å². The van der Waals surface area contributed by atoms with Crippen LogP contribution in [0, 0.1) is 20.2 Å². The largest absolute Gasteiger partial charge is 0.394 e. The monoisotopic (exact) mass is 183 g/mol. The van der Waals surface area contributed by atoms with E-state index in [2.05, 4.69) is 0 Å². The highest BCUT2D eigenvalue weighted by Crippen LogP contribution is 1.77. The zero-order valence-corrected chi connectivity index (χ0v) is 6.28. The third kappa shape index (κ3) is 15.8. The number of nitro groups is 1. The van der Waals surface area contributed by atoms with Crippen molar-refractivity contribution in [3.05, 3.63) is 20.2 Å². The Hall–Kier alpha value is -1.64. The molecule has 0 aliphatic carbocycles. The minimum atomic E-state index is -1.50. The lowest BCUT2D eigenvalue weighted by Crippen LogP contribution is -2.27. The van der Waals surface area contributed by atoms with Crippen LogP contribution in [0.4, 0.5) is 0 Å². The molecule has 9 nitrogen and oxygen atoms in total. The summed E-state index contributed by atoms with van der Waals surface area (Å²) in [6.07, 6.45) is 0. The summed E-state index contributed by atoms with van der Waals surface area (Å²) in [7, 11) is 1.30. The van der Waals surface area contributed by atoms with Crippen LogP contribution >= 0.6 is 0 Å². The maximum Gasteiger partial charge on any atom is 0.291 e. The van der Waals surface area contributed by atoms with Gasteiger partial charge in [-0.25, -0.2) is 10.1 Å². The molecule has 0 fully saturated rings. The van der Waals surface area contributed by atoms with Crippen molar-refractivity contribution in [2.45, 2.75) is 0 Å². The number of likely N-dealkylation sites (N-methyl/N-ethyl adjacent to an activating group) is 1. The van der Waals surface area contributed by atoms with E-state index in [1.165, 1.54) is 7.05 Å². The topological polar surface area (TPSA) is 130 Å². The molecule has 0 spiro atoms. The second kappa shape index (κ2) is 7.47. The maximum atomic E-state index is 9.71. The molecule has 0 aromatic rings. The van der Waals surface area contributed by atoms with Gasteiger partial charge in [-0.15, -0.1) is 15.1 Å². The molecule has 0 bridgehead atoms. The molecule has 12 heavy (non-hydrogen) atoms. The summed E-state index contributed by atoms with van der Waals surface area (Å²) in [5.74, 6) is 0. The van der Waals surface area contributed by atoms with Crippen molar-refractivity contribution in [1.82, 2.24) is 5.01 Å². The van der Waals surface area contributed by atoms with E-state index in [-0.39, 0.29) is 13.2 Å². The number of nitrogens with zero attached hydrogens (tertiary/aromatic N) is 3. The molecule has 0 atom stereocenters. The molecule has 0 aromatic heterocycles. The van der Waals surface area contributed by atoms with E-state index in [0.717, 1.165) is 5.01 Å². The first-order valence-corrected chi connectivity index (χ1v) is 2.71. The van der Waals surface area contributed by atoms with E-state index in [0.29, 0.717) is 0 Å². The van der Waals surface area contributed by atoms with Crippen LogP contribution in [0.25, 0.3) is 0 Å². The van der Waals surface area contributed by atoms with Gasteiger partial charge in [0.25, 0.3) is 5.09 Å². The summed E-state index contributed by atoms with van der Waals surface area (Å²) in [4.78, 5) is 18.1. The van der Waals surface area contributed by atoms with Gasteiger partial charge in [0.15, 0.2) is 5.03 Å². The first-order valence-electron chi connectivity index (χ1n) is 2.71. The first-order chi connectivity index (χ1) is 5.41. The van der Waals surface area contributed by atoms with Crippen molar-refractivity contribution in [3.8, 4) is 0 Å². The lowest BCUT2D eigenvalue weighted by Gasteiger charge is -2.03. The van der Waals surface area contributed by atoms with Gasteiger partial charge in [0.05, 0.1) is 13.7 Å². The fraction of sp³-hybridized carbons (Fsp3) is 1.00. The highest BCUT2D eigenvalue weighted by Gasteiger charge is 2.02. The molecule has 0 rings (SSSR count). The van der Waals surface area contributed by atoms with E-state index >= 15 is 0 Å². The molecule has 0 heterocycles. The quantitative estimate of drug-likeness (QED) is 0.413. The third-order valence-corrected chi connectivity index (χ3v) is 0.702. The summed E-state index contributed by atoms with van der Waals surface area (Å²) in [6, 6.07) is 0. The Labute approximate surface area is 67.1 Å². The van der Waals surface area contributed by atoms with Gasteiger partial charge < -0.3 is 10.3 Å². The smallest absolute Gasteiger partial charge is 0.291 e. The predicted octanol–water partition coefficient (Wildman–Crippen LogP) is -1.25. The number of hydrazine groups is 1. The van der Waals surface area contributed by atoms with Crippen LogP contribution in [0.1, 0.15) is 0 Å². The summed E-state index contributed by atoms with van der Waals surface area (Å²) < 4.78 is 0. The molecule has 2 N–H and O–H groups in total. The molecular formula is C3H9N3O6. The molecule has 0 aliphatic rings. The lowest BCUT2D eigenvalue weighted by molar-refractivity contribution is -0.742. The average Bonchev–Trinajstić information content (AvgIpc) is 1.86. The van der Waals surface area contributed by atoms with E-state index < -0.39 is 10.1 Å². The highest BCUT2D eigenvalue weighted by atomic mass is 16.9. The van der Waals surface area contributed by atoms with Crippen LogP contribution in [0.2, 0.25) is 0 Å². The lowest BCUT2D eigenvalue weighted by atomic mass is 10.7. The van der Waals surface area contributed by atoms with Gasteiger partial charge in [0, 0.05) is 0 Å². The fourth-order valence-corrected chi connectivity index (χ4v) is 0.226. The van der Waals surface area contributed by atoms with Gasteiger partial charge >= 0.3 is 0 Å². The minimum absolute atomic E-state index is 0.0764. The Morgan fingerprint density at radius 1 is 1.42 bits per heavy atom. The zero-order valence-electron chi connectivity index (χ0n) is 6.28. The Kier molecular flexibility index (Phi) is 8.08.